The summed E-state index contributed by atoms with van der Waals surface area (Å²) in [6, 6.07) is 44.0. The molecule has 0 fully saturated rings. The van der Waals surface area contributed by atoms with E-state index in [-0.39, 0.29) is 0 Å². The van der Waals surface area contributed by atoms with Crippen molar-refractivity contribution in [3.8, 4) is 44.5 Å². The minimum absolute atomic E-state index is 1.27. The molecule has 0 radical (unpaired) electrons. The van der Waals surface area contributed by atoms with E-state index in [1.807, 2.05) is 55.4 Å². The summed E-state index contributed by atoms with van der Waals surface area (Å²) >= 11 is 0. The Labute approximate surface area is 316 Å². The third-order valence-corrected chi connectivity index (χ3v) is 9.87. The topological polar surface area (TPSA) is 0 Å². The van der Waals surface area contributed by atoms with Gasteiger partial charge in [0.05, 0.1) is 0 Å². The molecule has 0 aromatic heterocycles. The number of rotatable bonds is 4. The first-order chi connectivity index (χ1) is 25.4. The highest BCUT2D eigenvalue weighted by Gasteiger charge is 2.27. The maximum Gasteiger partial charge on any atom is -0.00205 e. The molecule has 0 amide bonds. The largest absolute Gasteiger partial charge is 0.0683 e. The molecule has 7 aromatic rings. The van der Waals surface area contributed by atoms with Gasteiger partial charge in [-0.15, -0.1) is 0 Å². The summed E-state index contributed by atoms with van der Waals surface area (Å²) in [5.74, 6) is 0. The Morgan fingerprint density at radius 3 is 0.635 bits per heavy atom. The van der Waals surface area contributed by atoms with E-state index in [0.717, 1.165) is 0 Å². The first-order valence-electron chi connectivity index (χ1n) is 19.6. The molecule has 0 saturated carbocycles. The average Bonchev–Trinajstić information content (AvgIpc) is 3.22. The van der Waals surface area contributed by atoms with Crippen LogP contribution in [0.2, 0.25) is 0 Å². The fourth-order valence-corrected chi connectivity index (χ4v) is 7.68. The van der Waals surface area contributed by atoms with Crippen molar-refractivity contribution in [1.82, 2.24) is 0 Å². The summed E-state index contributed by atoms with van der Waals surface area (Å²) in [5, 5.41) is 5.45. The van der Waals surface area contributed by atoms with Gasteiger partial charge in [-0.05, 0) is 141 Å². The van der Waals surface area contributed by atoms with Gasteiger partial charge in [-0.1, -0.05) is 177 Å². The molecule has 0 atom stereocenters. The number of aryl methyl sites for hydroxylation is 4. The van der Waals surface area contributed by atoms with Gasteiger partial charge in [-0.25, -0.2) is 0 Å². The first kappa shape index (κ1) is 41.5. The average molecular weight is 687 g/mol. The molecule has 0 N–H and O–H groups in total. The van der Waals surface area contributed by atoms with Crippen molar-refractivity contribution >= 4 is 21.5 Å². The van der Waals surface area contributed by atoms with Crippen LogP contribution in [0, 0.1) is 41.5 Å². The molecule has 0 heterocycles. The lowest BCUT2D eigenvalue weighted by Gasteiger charge is -2.28. The molecule has 0 spiro atoms. The molecule has 0 nitrogen and oxygen atoms in total. The highest BCUT2D eigenvalue weighted by atomic mass is 14.3. The molecule has 270 valence electrons. The third kappa shape index (κ3) is 7.63. The molecule has 0 aliphatic rings. The molecule has 7 rings (SSSR count). The van der Waals surface area contributed by atoms with Crippen LogP contribution in [-0.4, -0.2) is 0 Å². The summed E-state index contributed by atoms with van der Waals surface area (Å²) in [5.41, 5.74) is 18.5. The summed E-state index contributed by atoms with van der Waals surface area (Å²) in [7, 11) is 0. The SMILES string of the molecule is CC.CC.CC.CC.Cc1c(-c2ccccc2)c(C)c2c(-c3ccccc3)c3c(C)c(C)c(-c4ccccc4)c(C)c3c(-c3ccccc3)c2c1C. The van der Waals surface area contributed by atoms with Gasteiger partial charge >= 0.3 is 0 Å². The summed E-state index contributed by atoms with van der Waals surface area (Å²) in [4.78, 5) is 0. The van der Waals surface area contributed by atoms with E-state index in [2.05, 4.69) is 163 Å². The minimum Gasteiger partial charge on any atom is -0.0683 e. The summed E-state index contributed by atoms with van der Waals surface area (Å²) in [6.07, 6.45) is 0. The van der Waals surface area contributed by atoms with Crippen LogP contribution in [0.15, 0.2) is 121 Å². The van der Waals surface area contributed by atoms with Crippen LogP contribution < -0.4 is 0 Å². The standard InChI is InChI=1S/C44H38.4C2H6/c1-27-29(3)39-41(31(5)37(27)33-19-11-7-12-20-33)44(36-25-17-10-18-26-36)40-30(4)28(2)38(34-21-13-8-14-22-34)32(6)42(40)43(39)35-23-15-9-16-24-35;4*1-2/h7-26H,1-6H3;4*1-2H3. The monoisotopic (exact) mass is 686 g/mol. The van der Waals surface area contributed by atoms with Gasteiger partial charge in [0.1, 0.15) is 0 Å². The Balaban J connectivity index is 0.000000855. The van der Waals surface area contributed by atoms with Gasteiger partial charge in [0.25, 0.3) is 0 Å². The Kier molecular flexibility index (Phi) is 15.6. The van der Waals surface area contributed by atoms with Gasteiger partial charge in [0.15, 0.2) is 0 Å². The highest BCUT2D eigenvalue weighted by Crippen LogP contribution is 2.52. The molecule has 0 aliphatic carbocycles. The van der Waals surface area contributed by atoms with Crippen molar-refractivity contribution in [1.29, 1.82) is 0 Å². The Morgan fingerprint density at radius 2 is 0.404 bits per heavy atom. The van der Waals surface area contributed by atoms with Gasteiger partial charge < -0.3 is 0 Å². The van der Waals surface area contributed by atoms with E-state index < -0.39 is 0 Å². The smallest absolute Gasteiger partial charge is 0.00205 e. The van der Waals surface area contributed by atoms with Crippen molar-refractivity contribution in [3.05, 3.63) is 155 Å². The van der Waals surface area contributed by atoms with E-state index in [9.17, 15) is 0 Å². The molecule has 0 saturated heterocycles. The van der Waals surface area contributed by atoms with E-state index in [1.165, 1.54) is 99.4 Å². The number of fused-ring (bicyclic) bond motifs is 2. The van der Waals surface area contributed by atoms with E-state index >= 15 is 0 Å². The van der Waals surface area contributed by atoms with Crippen LogP contribution >= 0.6 is 0 Å². The number of hydrogen-bond acceptors (Lipinski definition) is 0. The zero-order valence-electron chi connectivity index (χ0n) is 34.5. The van der Waals surface area contributed by atoms with Gasteiger partial charge in [-0.3, -0.25) is 0 Å². The van der Waals surface area contributed by atoms with Crippen molar-refractivity contribution in [2.75, 3.05) is 0 Å². The van der Waals surface area contributed by atoms with Crippen LogP contribution in [0.1, 0.15) is 88.8 Å². The number of hydrogen-bond donors (Lipinski definition) is 0. The zero-order chi connectivity index (χ0) is 38.5. The molecule has 0 heteroatoms. The molecule has 0 bridgehead atoms. The van der Waals surface area contributed by atoms with E-state index in [1.54, 1.807) is 0 Å². The quantitative estimate of drug-likeness (QED) is 0.162. The van der Waals surface area contributed by atoms with Crippen molar-refractivity contribution in [2.45, 2.75) is 96.9 Å². The molecule has 7 aromatic carbocycles. The third-order valence-electron chi connectivity index (χ3n) is 9.87. The maximum atomic E-state index is 2.34. The van der Waals surface area contributed by atoms with Crippen LogP contribution in [0.25, 0.3) is 66.1 Å². The van der Waals surface area contributed by atoms with Crippen LogP contribution in [0.4, 0.5) is 0 Å². The fraction of sp³-hybridized carbons (Fsp3) is 0.269. The minimum atomic E-state index is 1.27. The molecule has 0 aliphatic heterocycles. The predicted octanol–water partition coefficient (Wildman–Crippen LogP) is 16.6. The second-order valence-electron chi connectivity index (χ2n) is 12.2. The normalized spacial score (nSPS) is 10.1. The van der Waals surface area contributed by atoms with Crippen molar-refractivity contribution in [2.24, 2.45) is 0 Å². The highest BCUT2D eigenvalue weighted by molar-refractivity contribution is 6.26. The number of benzene rings is 7. The van der Waals surface area contributed by atoms with E-state index in [4.69, 9.17) is 0 Å². The molecule has 0 unspecified atom stereocenters. The Bertz CT molecular complexity index is 2010. The van der Waals surface area contributed by atoms with Crippen LogP contribution in [0.5, 0.6) is 0 Å². The maximum absolute atomic E-state index is 2.34. The Morgan fingerprint density at radius 1 is 0.212 bits per heavy atom. The lowest BCUT2D eigenvalue weighted by atomic mass is 9.75. The van der Waals surface area contributed by atoms with Crippen LogP contribution in [0.3, 0.4) is 0 Å². The van der Waals surface area contributed by atoms with Gasteiger partial charge in [-0.2, -0.15) is 0 Å². The second kappa shape index (κ2) is 19.6. The van der Waals surface area contributed by atoms with Gasteiger partial charge in [0.2, 0.25) is 0 Å². The Hall–Kier alpha value is -4.94. The predicted molar refractivity (Wildman–Crippen MR) is 237 cm³/mol. The molecular formula is C52H62. The van der Waals surface area contributed by atoms with Gasteiger partial charge in [0, 0.05) is 0 Å². The summed E-state index contributed by atoms with van der Waals surface area (Å²) < 4.78 is 0. The first-order valence-corrected chi connectivity index (χ1v) is 19.6. The zero-order valence-corrected chi connectivity index (χ0v) is 34.5. The lowest BCUT2D eigenvalue weighted by Crippen LogP contribution is -2.04. The fourth-order valence-electron chi connectivity index (χ4n) is 7.68. The van der Waals surface area contributed by atoms with Crippen LogP contribution in [-0.2, 0) is 0 Å². The second-order valence-corrected chi connectivity index (χ2v) is 12.2. The van der Waals surface area contributed by atoms with Crippen molar-refractivity contribution < 1.29 is 0 Å². The van der Waals surface area contributed by atoms with Crippen molar-refractivity contribution in [3.63, 3.8) is 0 Å². The lowest BCUT2D eigenvalue weighted by molar-refractivity contribution is 1.33. The molecule has 52 heavy (non-hydrogen) atoms. The van der Waals surface area contributed by atoms with E-state index in [0.29, 0.717) is 0 Å². The molecular weight excluding hydrogens is 625 g/mol. The summed E-state index contributed by atoms with van der Waals surface area (Å²) in [6.45, 7) is 30.0.